The van der Waals surface area contributed by atoms with Crippen molar-refractivity contribution in [1.82, 2.24) is 9.80 Å². The van der Waals surface area contributed by atoms with Crippen LogP contribution in [0.25, 0.3) is 0 Å². The van der Waals surface area contributed by atoms with Crippen LogP contribution in [-0.2, 0) is 4.79 Å². The fourth-order valence-electron chi connectivity index (χ4n) is 1.71. The molecule has 1 amide bonds. The Balaban J connectivity index is 2.24. The van der Waals surface area contributed by atoms with Gasteiger partial charge in [-0.1, -0.05) is 20.8 Å². The van der Waals surface area contributed by atoms with Gasteiger partial charge in [-0.15, -0.1) is 0 Å². The molecule has 3 heteroatoms. The molecule has 0 radical (unpaired) electrons. The van der Waals surface area contributed by atoms with Crippen LogP contribution in [0.4, 0.5) is 0 Å². The zero-order valence-corrected chi connectivity index (χ0v) is 10.7. The quantitative estimate of drug-likeness (QED) is 0.707. The van der Waals surface area contributed by atoms with Crippen LogP contribution in [-0.4, -0.2) is 49.4 Å². The molecule has 88 valence electrons. The predicted octanol–water partition coefficient (Wildman–Crippen LogP) is 1.44. The van der Waals surface area contributed by atoms with E-state index in [4.69, 9.17) is 0 Å². The van der Waals surface area contributed by atoms with Crippen molar-refractivity contribution >= 4 is 5.91 Å². The lowest BCUT2D eigenvalue weighted by molar-refractivity contribution is -0.140. The predicted molar refractivity (Wildman–Crippen MR) is 62.7 cm³/mol. The third-order valence-electron chi connectivity index (χ3n) is 3.23. The van der Waals surface area contributed by atoms with E-state index in [0.717, 1.165) is 19.6 Å². The lowest BCUT2D eigenvalue weighted by atomic mass is 9.76. The summed E-state index contributed by atoms with van der Waals surface area (Å²) in [5.41, 5.74) is 0.346. The van der Waals surface area contributed by atoms with E-state index < -0.39 is 0 Å². The number of likely N-dealkylation sites (tertiary alicyclic amines) is 1. The summed E-state index contributed by atoms with van der Waals surface area (Å²) < 4.78 is 0. The van der Waals surface area contributed by atoms with Gasteiger partial charge in [-0.05, 0) is 25.4 Å². The lowest BCUT2D eigenvalue weighted by Crippen LogP contribution is -2.54. The van der Waals surface area contributed by atoms with Gasteiger partial charge in [-0.25, -0.2) is 0 Å². The summed E-state index contributed by atoms with van der Waals surface area (Å²) in [7, 11) is 4.00. The number of hydrogen-bond donors (Lipinski definition) is 0. The van der Waals surface area contributed by atoms with Crippen LogP contribution in [0.5, 0.6) is 0 Å². The molecule has 0 bridgehead atoms. The van der Waals surface area contributed by atoms with Gasteiger partial charge in [0.2, 0.25) is 5.91 Å². The minimum atomic E-state index is 0.309. The molecule has 1 heterocycles. The van der Waals surface area contributed by atoms with Crippen molar-refractivity contribution in [1.29, 1.82) is 0 Å². The van der Waals surface area contributed by atoms with E-state index in [-0.39, 0.29) is 0 Å². The fraction of sp³-hybridized carbons (Fsp3) is 0.917. The average Bonchev–Trinajstić information content (AvgIpc) is 1.94. The Hall–Kier alpha value is -0.570. The lowest BCUT2D eigenvalue weighted by Gasteiger charge is -2.46. The highest BCUT2D eigenvalue weighted by molar-refractivity contribution is 5.77. The van der Waals surface area contributed by atoms with Crippen LogP contribution in [0.2, 0.25) is 0 Å². The van der Waals surface area contributed by atoms with Crippen molar-refractivity contribution in [3.63, 3.8) is 0 Å². The van der Waals surface area contributed by atoms with E-state index in [1.807, 2.05) is 19.0 Å². The molecular weight excluding hydrogens is 188 g/mol. The van der Waals surface area contributed by atoms with Gasteiger partial charge in [-0.3, -0.25) is 4.79 Å². The van der Waals surface area contributed by atoms with Crippen molar-refractivity contribution in [2.75, 3.05) is 33.7 Å². The molecule has 1 fully saturated rings. The molecule has 0 unspecified atom stereocenters. The minimum absolute atomic E-state index is 0.309. The molecule has 1 aliphatic rings. The van der Waals surface area contributed by atoms with E-state index in [0.29, 0.717) is 23.7 Å². The number of rotatable bonds is 3. The summed E-state index contributed by atoms with van der Waals surface area (Å²) in [5.74, 6) is 0.991. The molecule has 15 heavy (non-hydrogen) atoms. The second-order valence-corrected chi connectivity index (χ2v) is 5.91. The Morgan fingerprint density at radius 2 is 1.87 bits per heavy atom. The van der Waals surface area contributed by atoms with Crippen LogP contribution in [0, 0.1) is 11.3 Å². The molecule has 0 aliphatic carbocycles. The molecule has 0 aromatic heterocycles. The highest BCUT2D eigenvalue weighted by atomic mass is 16.2. The second-order valence-electron chi connectivity index (χ2n) is 5.91. The van der Waals surface area contributed by atoms with E-state index in [1.165, 1.54) is 0 Å². The summed E-state index contributed by atoms with van der Waals surface area (Å²) in [6.07, 6.45) is 0.657. The smallest absolute Gasteiger partial charge is 0.223 e. The Morgan fingerprint density at radius 1 is 1.33 bits per heavy atom. The summed E-state index contributed by atoms with van der Waals surface area (Å²) >= 11 is 0. The van der Waals surface area contributed by atoms with E-state index in [2.05, 4.69) is 25.7 Å². The standard InChI is InChI=1S/C12H24N2O/c1-12(2,3)10-8-14(9-10)11(15)6-7-13(4)5/h10H,6-9H2,1-5H3. The van der Waals surface area contributed by atoms with Crippen molar-refractivity contribution in [2.24, 2.45) is 11.3 Å². The maximum atomic E-state index is 11.7. The van der Waals surface area contributed by atoms with Gasteiger partial charge in [0.25, 0.3) is 0 Å². The molecule has 1 aliphatic heterocycles. The highest BCUT2D eigenvalue weighted by Crippen LogP contribution is 2.33. The Bertz CT molecular complexity index is 224. The number of nitrogens with zero attached hydrogens (tertiary/aromatic N) is 2. The highest BCUT2D eigenvalue weighted by Gasteiger charge is 2.37. The summed E-state index contributed by atoms with van der Waals surface area (Å²) in [4.78, 5) is 15.7. The zero-order valence-electron chi connectivity index (χ0n) is 10.7. The third kappa shape index (κ3) is 3.49. The summed E-state index contributed by atoms with van der Waals surface area (Å²) in [6.45, 7) is 9.51. The molecule has 0 aromatic rings. The van der Waals surface area contributed by atoms with Gasteiger partial charge in [0.15, 0.2) is 0 Å². The number of carbonyl (C=O) groups is 1. The molecule has 0 aromatic carbocycles. The molecule has 0 saturated carbocycles. The Labute approximate surface area is 93.4 Å². The Kier molecular flexibility index (Phi) is 3.77. The average molecular weight is 212 g/mol. The van der Waals surface area contributed by atoms with Crippen LogP contribution in [0.15, 0.2) is 0 Å². The van der Waals surface area contributed by atoms with E-state index in [9.17, 15) is 4.79 Å². The van der Waals surface area contributed by atoms with Gasteiger partial charge >= 0.3 is 0 Å². The molecule has 0 atom stereocenters. The molecule has 1 saturated heterocycles. The van der Waals surface area contributed by atoms with Crippen LogP contribution in [0.3, 0.4) is 0 Å². The summed E-state index contributed by atoms with van der Waals surface area (Å²) in [5, 5.41) is 0. The third-order valence-corrected chi connectivity index (χ3v) is 3.23. The molecule has 0 spiro atoms. The first-order valence-corrected chi connectivity index (χ1v) is 5.73. The molecule has 3 nitrogen and oxygen atoms in total. The largest absolute Gasteiger partial charge is 0.342 e. The maximum absolute atomic E-state index is 11.7. The van der Waals surface area contributed by atoms with Crippen molar-refractivity contribution in [3.8, 4) is 0 Å². The zero-order chi connectivity index (χ0) is 11.6. The van der Waals surface area contributed by atoms with Gasteiger partial charge in [0.1, 0.15) is 0 Å². The summed E-state index contributed by atoms with van der Waals surface area (Å²) in [6, 6.07) is 0. The fourth-order valence-corrected chi connectivity index (χ4v) is 1.71. The minimum Gasteiger partial charge on any atom is -0.342 e. The molecular formula is C12H24N2O. The number of carbonyl (C=O) groups excluding carboxylic acids is 1. The second kappa shape index (κ2) is 4.52. The van der Waals surface area contributed by atoms with Crippen molar-refractivity contribution < 1.29 is 4.79 Å². The van der Waals surface area contributed by atoms with Crippen molar-refractivity contribution in [3.05, 3.63) is 0 Å². The first-order chi connectivity index (χ1) is 6.80. The first kappa shape index (κ1) is 12.5. The van der Waals surface area contributed by atoms with Crippen LogP contribution < -0.4 is 0 Å². The number of amides is 1. The van der Waals surface area contributed by atoms with Crippen LogP contribution >= 0.6 is 0 Å². The monoisotopic (exact) mass is 212 g/mol. The normalized spacial score (nSPS) is 18.1. The first-order valence-electron chi connectivity index (χ1n) is 5.73. The Morgan fingerprint density at radius 3 is 2.27 bits per heavy atom. The van der Waals surface area contributed by atoms with Gasteiger partial charge in [0, 0.05) is 26.1 Å². The van der Waals surface area contributed by atoms with Gasteiger partial charge in [0.05, 0.1) is 0 Å². The van der Waals surface area contributed by atoms with E-state index in [1.54, 1.807) is 0 Å². The van der Waals surface area contributed by atoms with Gasteiger partial charge < -0.3 is 9.80 Å². The molecule has 1 rings (SSSR count). The topological polar surface area (TPSA) is 23.6 Å². The molecule has 0 N–H and O–H groups in total. The maximum Gasteiger partial charge on any atom is 0.223 e. The van der Waals surface area contributed by atoms with Crippen molar-refractivity contribution in [2.45, 2.75) is 27.2 Å². The van der Waals surface area contributed by atoms with E-state index >= 15 is 0 Å². The SMILES string of the molecule is CN(C)CCC(=O)N1CC(C(C)(C)C)C1. The number of hydrogen-bond acceptors (Lipinski definition) is 2. The van der Waals surface area contributed by atoms with Crippen LogP contribution in [0.1, 0.15) is 27.2 Å². The van der Waals surface area contributed by atoms with Gasteiger partial charge in [-0.2, -0.15) is 0 Å².